The van der Waals surface area contributed by atoms with Gasteiger partial charge in [0.25, 0.3) is 5.91 Å². The monoisotopic (exact) mass is 315 g/mol. The molecular formula is C13H16F3N5O. The molecule has 6 nitrogen and oxygen atoms in total. The van der Waals surface area contributed by atoms with Gasteiger partial charge in [0.05, 0.1) is 12.2 Å². The van der Waals surface area contributed by atoms with Crippen molar-refractivity contribution in [2.75, 3.05) is 6.54 Å². The number of alkyl halides is 3. The molecule has 0 aliphatic heterocycles. The van der Waals surface area contributed by atoms with Gasteiger partial charge in [0.1, 0.15) is 18.1 Å². The van der Waals surface area contributed by atoms with Crippen molar-refractivity contribution >= 4 is 5.91 Å². The molecule has 0 radical (unpaired) electrons. The minimum atomic E-state index is -4.45. The highest BCUT2D eigenvalue weighted by Gasteiger charge is 2.28. The minimum absolute atomic E-state index is 0.0783. The highest BCUT2D eigenvalue weighted by Crippen LogP contribution is 2.14. The summed E-state index contributed by atoms with van der Waals surface area (Å²) >= 11 is 0. The second-order valence-corrected chi connectivity index (χ2v) is 5.14. The van der Waals surface area contributed by atoms with Crippen molar-refractivity contribution in [3.63, 3.8) is 0 Å². The van der Waals surface area contributed by atoms with E-state index in [-0.39, 0.29) is 11.6 Å². The van der Waals surface area contributed by atoms with Crippen LogP contribution in [-0.2, 0) is 6.54 Å². The van der Waals surface area contributed by atoms with E-state index < -0.39 is 18.6 Å². The quantitative estimate of drug-likeness (QED) is 0.887. The van der Waals surface area contributed by atoms with E-state index in [0.29, 0.717) is 12.2 Å². The minimum Gasteiger partial charge on any atom is -0.342 e. The van der Waals surface area contributed by atoms with Crippen LogP contribution >= 0.6 is 0 Å². The summed E-state index contributed by atoms with van der Waals surface area (Å²) in [6.07, 6.45) is -0.986. The number of aromatic amines is 1. The van der Waals surface area contributed by atoms with E-state index in [0.717, 1.165) is 5.82 Å². The highest BCUT2D eigenvalue weighted by atomic mass is 19.4. The van der Waals surface area contributed by atoms with E-state index in [1.54, 1.807) is 17.7 Å². The van der Waals surface area contributed by atoms with Crippen LogP contribution in [0.5, 0.6) is 0 Å². The van der Waals surface area contributed by atoms with Crippen LogP contribution in [0.3, 0.4) is 0 Å². The van der Waals surface area contributed by atoms with Crippen LogP contribution in [0.1, 0.15) is 41.8 Å². The Labute approximate surface area is 124 Å². The number of H-pyrrole nitrogens is 1. The second kappa shape index (κ2) is 6.20. The molecular weight excluding hydrogens is 299 g/mol. The lowest BCUT2D eigenvalue weighted by molar-refractivity contribution is -0.123. The standard InChI is InChI=1S/C13H16F3N5O/c1-8(2)11-17-3-4-21(11)6-9-5-10(20-19-9)12(22)18-7-13(14,15)16/h3-5,8H,6-7H2,1-2H3,(H,18,22)(H,19,20). The summed E-state index contributed by atoms with van der Waals surface area (Å²) in [5.41, 5.74) is 0.530. The molecule has 0 aliphatic rings. The number of carbonyl (C=O) groups is 1. The molecule has 2 aromatic rings. The predicted molar refractivity (Wildman–Crippen MR) is 72.4 cm³/mol. The first kappa shape index (κ1) is 16.1. The summed E-state index contributed by atoms with van der Waals surface area (Å²) < 4.78 is 38.1. The molecule has 2 N–H and O–H groups in total. The molecule has 0 saturated heterocycles. The third kappa shape index (κ3) is 4.09. The predicted octanol–water partition coefficient (Wildman–Crippen LogP) is 2.07. The van der Waals surface area contributed by atoms with Gasteiger partial charge in [0.2, 0.25) is 0 Å². The van der Waals surface area contributed by atoms with E-state index >= 15 is 0 Å². The van der Waals surface area contributed by atoms with E-state index in [9.17, 15) is 18.0 Å². The molecule has 0 spiro atoms. The average Bonchev–Trinajstić information content (AvgIpc) is 3.04. The smallest absolute Gasteiger partial charge is 0.342 e. The SMILES string of the molecule is CC(C)c1nccn1Cc1cc(C(=O)NCC(F)(F)F)n[nH]1. The van der Waals surface area contributed by atoms with Crippen molar-refractivity contribution in [1.82, 2.24) is 25.1 Å². The highest BCUT2D eigenvalue weighted by molar-refractivity contribution is 5.92. The number of aromatic nitrogens is 4. The molecule has 0 aromatic carbocycles. The maximum atomic E-state index is 12.1. The van der Waals surface area contributed by atoms with Crippen LogP contribution in [0.15, 0.2) is 18.5 Å². The zero-order valence-corrected chi connectivity index (χ0v) is 12.1. The molecule has 0 bridgehead atoms. The summed E-state index contributed by atoms with van der Waals surface area (Å²) in [6.45, 7) is 3.03. The van der Waals surface area contributed by atoms with Gasteiger partial charge in [-0.15, -0.1) is 0 Å². The van der Waals surface area contributed by atoms with Gasteiger partial charge in [-0.2, -0.15) is 18.3 Å². The summed E-state index contributed by atoms with van der Waals surface area (Å²) in [6, 6.07) is 1.43. The number of imidazole rings is 1. The van der Waals surface area contributed by atoms with Gasteiger partial charge in [-0.05, 0) is 6.07 Å². The number of nitrogens with one attached hydrogen (secondary N) is 2. The normalized spacial score (nSPS) is 11.9. The van der Waals surface area contributed by atoms with Crippen molar-refractivity contribution in [3.05, 3.63) is 35.7 Å². The fourth-order valence-corrected chi connectivity index (χ4v) is 1.97. The molecule has 22 heavy (non-hydrogen) atoms. The number of rotatable bonds is 5. The van der Waals surface area contributed by atoms with Crippen LogP contribution < -0.4 is 5.32 Å². The van der Waals surface area contributed by atoms with Crippen molar-refractivity contribution in [2.24, 2.45) is 0 Å². The molecule has 9 heteroatoms. The first-order valence-electron chi connectivity index (χ1n) is 6.66. The van der Waals surface area contributed by atoms with Gasteiger partial charge in [-0.25, -0.2) is 4.98 Å². The van der Waals surface area contributed by atoms with Crippen molar-refractivity contribution in [2.45, 2.75) is 32.5 Å². The topological polar surface area (TPSA) is 75.6 Å². The molecule has 2 aromatic heterocycles. The molecule has 0 fully saturated rings. The number of halogens is 3. The Morgan fingerprint density at radius 1 is 1.45 bits per heavy atom. The van der Waals surface area contributed by atoms with Gasteiger partial charge in [0, 0.05) is 18.3 Å². The number of carbonyl (C=O) groups excluding carboxylic acids is 1. The fraction of sp³-hybridized carbons (Fsp3) is 0.462. The van der Waals surface area contributed by atoms with E-state index in [1.165, 1.54) is 6.07 Å². The van der Waals surface area contributed by atoms with E-state index in [4.69, 9.17) is 0 Å². The molecule has 2 heterocycles. The fourth-order valence-electron chi connectivity index (χ4n) is 1.97. The molecule has 2 rings (SSSR count). The molecule has 0 saturated carbocycles. The zero-order valence-electron chi connectivity index (χ0n) is 12.1. The van der Waals surface area contributed by atoms with Crippen LogP contribution in [0.25, 0.3) is 0 Å². The second-order valence-electron chi connectivity index (χ2n) is 5.14. The Morgan fingerprint density at radius 2 is 2.18 bits per heavy atom. The lowest BCUT2D eigenvalue weighted by atomic mass is 10.2. The lowest BCUT2D eigenvalue weighted by Gasteiger charge is -2.08. The summed E-state index contributed by atoms with van der Waals surface area (Å²) in [7, 11) is 0. The maximum absolute atomic E-state index is 12.1. The number of hydrogen-bond acceptors (Lipinski definition) is 3. The van der Waals surface area contributed by atoms with Gasteiger partial charge < -0.3 is 9.88 Å². The summed E-state index contributed by atoms with van der Waals surface area (Å²) in [4.78, 5) is 15.8. The third-order valence-corrected chi connectivity index (χ3v) is 2.92. The molecule has 0 atom stereocenters. The largest absolute Gasteiger partial charge is 0.405 e. The third-order valence-electron chi connectivity index (χ3n) is 2.92. The van der Waals surface area contributed by atoms with Gasteiger partial charge in [0.15, 0.2) is 0 Å². The Kier molecular flexibility index (Phi) is 4.53. The number of nitrogens with zero attached hydrogens (tertiary/aromatic N) is 3. The number of hydrogen-bond donors (Lipinski definition) is 2. The Hall–Kier alpha value is -2.32. The van der Waals surface area contributed by atoms with Crippen LogP contribution in [0.4, 0.5) is 13.2 Å². The Bertz CT molecular complexity index is 644. The Morgan fingerprint density at radius 3 is 2.82 bits per heavy atom. The molecule has 0 unspecified atom stereocenters. The average molecular weight is 315 g/mol. The lowest BCUT2D eigenvalue weighted by Crippen LogP contribution is -2.33. The molecule has 1 amide bonds. The van der Waals surface area contributed by atoms with E-state index in [2.05, 4.69) is 15.2 Å². The van der Waals surface area contributed by atoms with E-state index in [1.807, 2.05) is 18.4 Å². The summed E-state index contributed by atoms with van der Waals surface area (Å²) in [5.74, 6) is 0.236. The van der Waals surface area contributed by atoms with Crippen LogP contribution in [0, 0.1) is 0 Å². The first-order chi connectivity index (χ1) is 10.3. The Balaban J connectivity index is 2.02. The molecule has 120 valence electrons. The van der Waals surface area contributed by atoms with Crippen molar-refractivity contribution in [3.8, 4) is 0 Å². The van der Waals surface area contributed by atoms with Gasteiger partial charge in [-0.1, -0.05) is 13.8 Å². The number of amides is 1. The van der Waals surface area contributed by atoms with Crippen molar-refractivity contribution in [1.29, 1.82) is 0 Å². The van der Waals surface area contributed by atoms with Gasteiger partial charge >= 0.3 is 6.18 Å². The molecule has 0 aliphatic carbocycles. The van der Waals surface area contributed by atoms with Crippen molar-refractivity contribution < 1.29 is 18.0 Å². The maximum Gasteiger partial charge on any atom is 0.405 e. The van der Waals surface area contributed by atoms with Gasteiger partial charge in [-0.3, -0.25) is 9.89 Å². The van der Waals surface area contributed by atoms with Crippen LogP contribution in [-0.4, -0.2) is 38.4 Å². The zero-order chi connectivity index (χ0) is 16.3. The first-order valence-corrected chi connectivity index (χ1v) is 6.66. The summed E-state index contributed by atoms with van der Waals surface area (Å²) in [5, 5.41) is 8.16. The van der Waals surface area contributed by atoms with Crippen LogP contribution in [0.2, 0.25) is 0 Å².